The van der Waals surface area contributed by atoms with Gasteiger partial charge in [-0.1, -0.05) is 0 Å². The zero-order valence-corrected chi connectivity index (χ0v) is 20.1. The summed E-state index contributed by atoms with van der Waals surface area (Å²) >= 11 is 0. The first-order chi connectivity index (χ1) is 16.8. The number of hydrogen-bond donors (Lipinski definition) is 2. The SMILES string of the molecule is O=C(OCC(F)C(F)(F)S(=O)(=O)O)C1C2CC3C(OC(O)C31)C2OC(=O)C12CC3CC(CC(C3)C1)C2. The maximum atomic E-state index is 13.9. The van der Waals surface area contributed by atoms with Crippen molar-refractivity contribution in [1.82, 2.24) is 0 Å². The van der Waals surface area contributed by atoms with Crippen LogP contribution in [0.1, 0.15) is 44.9 Å². The molecule has 0 aromatic heterocycles. The Balaban J connectivity index is 1.16. The maximum Gasteiger partial charge on any atom is 0.403 e. The monoisotopic (exact) mass is 538 g/mol. The van der Waals surface area contributed by atoms with Gasteiger partial charge in [0.1, 0.15) is 18.8 Å². The van der Waals surface area contributed by atoms with E-state index >= 15 is 0 Å². The molecule has 0 aromatic rings. The molecular formula is C23H29F3O9S. The molecule has 8 unspecified atom stereocenters. The van der Waals surface area contributed by atoms with Crippen LogP contribution in [0.15, 0.2) is 0 Å². The lowest BCUT2D eigenvalue weighted by atomic mass is 9.49. The molecule has 7 fully saturated rings. The Bertz CT molecular complexity index is 1030. The van der Waals surface area contributed by atoms with E-state index in [0.717, 1.165) is 38.5 Å². The average Bonchev–Trinajstić information content (AvgIpc) is 3.39. The Morgan fingerprint density at radius 1 is 1.06 bits per heavy atom. The molecule has 6 saturated carbocycles. The number of fused-ring (bicyclic) bond motifs is 1. The fourth-order valence-corrected chi connectivity index (χ4v) is 9.16. The van der Waals surface area contributed by atoms with Crippen molar-refractivity contribution in [3.63, 3.8) is 0 Å². The van der Waals surface area contributed by atoms with Crippen LogP contribution in [0.4, 0.5) is 13.2 Å². The molecule has 13 heteroatoms. The first kappa shape index (κ1) is 24.9. The highest BCUT2D eigenvalue weighted by molar-refractivity contribution is 7.86. The van der Waals surface area contributed by atoms with Gasteiger partial charge >= 0.3 is 27.3 Å². The van der Waals surface area contributed by atoms with E-state index in [-0.39, 0.29) is 11.9 Å². The molecule has 7 rings (SSSR count). The number of carbonyl (C=O) groups is 2. The van der Waals surface area contributed by atoms with Crippen LogP contribution in [0.3, 0.4) is 0 Å². The molecule has 0 amide bonds. The molecule has 8 atom stereocenters. The number of carbonyl (C=O) groups excluding carboxylic acids is 2. The van der Waals surface area contributed by atoms with Crippen LogP contribution in [0.2, 0.25) is 0 Å². The van der Waals surface area contributed by atoms with Gasteiger partial charge in [-0.3, -0.25) is 14.1 Å². The summed E-state index contributed by atoms with van der Waals surface area (Å²) in [5, 5.41) is 5.28. The normalized spacial score (nSPS) is 47.2. The lowest BCUT2D eigenvalue weighted by Gasteiger charge is -2.55. The van der Waals surface area contributed by atoms with Crippen LogP contribution in [0.25, 0.3) is 0 Å². The molecule has 0 aromatic carbocycles. The summed E-state index contributed by atoms with van der Waals surface area (Å²) in [6, 6.07) is 0. The molecule has 6 aliphatic carbocycles. The standard InChI is InChI=1S/C23H29F3O9S/c24-14(23(25,26)36(30,31)32)8-33-19(27)15-12-4-13-16(15)20(28)34-17(13)18(12)35-21(29)22-5-9-1-10(6-22)3-11(2-9)7-22/h9-18,20,28H,1-8H2,(H,30,31,32). The van der Waals surface area contributed by atoms with Gasteiger partial charge in [0.05, 0.1) is 11.3 Å². The molecule has 1 heterocycles. The van der Waals surface area contributed by atoms with Crippen molar-refractivity contribution >= 4 is 22.1 Å². The van der Waals surface area contributed by atoms with Crippen molar-refractivity contribution in [2.24, 2.45) is 46.8 Å². The second kappa shape index (κ2) is 8.03. The fourth-order valence-electron chi connectivity index (χ4n) is 8.77. The Hall–Kier alpha value is -1.44. The summed E-state index contributed by atoms with van der Waals surface area (Å²) in [4.78, 5) is 26.4. The van der Waals surface area contributed by atoms with Gasteiger partial charge in [0.2, 0.25) is 6.17 Å². The Morgan fingerprint density at radius 3 is 2.19 bits per heavy atom. The van der Waals surface area contributed by atoms with E-state index in [0.29, 0.717) is 24.2 Å². The molecule has 6 bridgehead atoms. The third kappa shape index (κ3) is 3.55. The lowest BCUT2D eigenvalue weighted by Crippen LogP contribution is -2.53. The van der Waals surface area contributed by atoms with Crippen molar-refractivity contribution in [2.45, 2.75) is 74.9 Å². The average molecular weight is 539 g/mol. The van der Waals surface area contributed by atoms with Crippen molar-refractivity contribution in [3.8, 4) is 0 Å². The van der Waals surface area contributed by atoms with Crippen molar-refractivity contribution in [3.05, 3.63) is 0 Å². The quantitative estimate of drug-likeness (QED) is 0.369. The number of aliphatic hydroxyl groups excluding tert-OH is 1. The van der Waals surface area contributed by atoms with Gasteiger partial charge in [-0.2, -0.15) is 17.2 Å². The second-order valence-corrected chi connectivity index (χ2v) is 13.4. The summed E-state index contributed by atoms with van der Waals surface area (Å²) in [5.74, 6) is -2.65. The van der Waals surface area contributed by atoms with Crippen LogP contribution in [-0.4, -0.2) is 66.5 Å². The first-order valence-corrected chi connectivity index (χ1v) is 13.9. The van der Waals surface area contributed by atoms with Gasteiger partial charge < -0.3 is 19.3 Å². The van der Waals surface area contributed by atoms with Gasteiger partial charge in [-0.15, -0.1) is 0 Å². The lowest BCUT2D eigenvalue weighted by molar-refractivity contribution is -0.190. The minimum absolute atomic E-state index is 0.315. The van der Waals surface area contributed by atoms with Crippen molar-refractivity contribution < 1.29 is 55.0 Å². The second-order valence-electron chi connectivity index (χ2n) is 11.9. The first-order valence-electron chi connectivity index (χ1n) is 12.5. The Morgan fingerprint density at radius 2 is 1.64 bits per heavy atom. The highest BCUT2D eigenvalue weighted by atomic mass is 32.2. The predicted molar refractivity (Wildman–Crippen MR) is 112 cm³/mol. The minimum atomic E-state index is -6.05. The number of alkyl halides is 3. The van der Waals surface area contributed by atoms with Crippen LogP contribution < -0.4 is 0 Å². The van der Waals surface area contributed by atoms with E-state index < -0.39 is 75.8 Å². The molecule has 1 aliphatic heterocycles. The van der Waals surface area contributed by atoms with Gasteiger partial charge in [-0.05, 0) is 68.6 Å². The van der Waals surface area contributed by atoms with Crippen LogP contribution in [-0.2, 0) is 33.9 Å². The van der Waals surface area contributed by atoms with E-state index in [1.165, 1.54) is 0 Å². The molecular weight excluding hydrogens is 509 g/mol. The minimum Gasteiger partial charge on any atom is -0.462 e. The zero-order chi connectivity index (χ0) is 25.8. The largest absolute Gasteiger partial charge is 0.462 e. The highest BCUT2D eigenvalue weighted by Crippen LogP contribution is 2.63. The van der Waals surface area contributed by atoms with Gasteiger partial charge in [0, 0.05) is 11.8 Å². The number of aliphatic hydroxyl groups is 1. The fraction of sp³-hybridized carbons (Fsp3) is 0.913. The van der Waals surface area contributed by atoms with Crippen LogP contribution >= 0.6 is 0 Å². The molecule has 2 N–H and O–H groups in total. The van der Waals surface area contributed by atoms with Crippen molar-refractivity contribution in [2.75, 3.05) is 6.61 Å². The van der Waals surface area contributed by atoms with E-state index in [1.54, 1.807) is 0 Å². The number of halogens is 3. The van der Waals surface area contributed by atoms with E-state index in [2.05, 4.69) is 0 Å². The summed E-state index contributed by atoms with van der Waals surface area (Å²) in [5.41, 5.74) is -0.550. The topological polar surface area (TPSA) is 136 Å². The van der Waals surface area contributed by atoms with E-state index in [9.17, 15) is 36.3 Å². The molecule has 202 valence electrons. The highest BCUT2D eigenvalue weighted by Gasteiger charge is 2.70. The van der Waals surface area contributed by atoms with Gasteiger partial charge in [-0.25, -0.2) is 4.39 Å². The number of ether oxygens (including phenoxy) is 3. The third-order valence-corrected chi connectivity index (χ3v) is 10.7. The molecule has 9 nitrogen and oxygen atoms in total. The van der Waals surface area contributed by atoms with E-state index in [1.807, 2.05) is 0 Å². The maximum absolute atomic E-state index is 13.9. The summed E-state index contributed by atoms with van der Waals surface area (Å²) in [6.07, 6.45) is -0.158. The van der Waals surface area contributed by atoms with Gasteiger partial charge in [0.25, 0.3) is 0 Å². The predicted octanol–water partition coefficient (Wildman–Crippen LogP) is 2.08. The van der Waals surface area contributed by atoms with Gasteiger partial charge in [0.15, 0.2) is 6.29 Å². The smallest absolute Gasteiger partial charge is 0.403 e. The number of rotatable bonds is 7. The van der Waals surface area contributed by atoms with Crippen LogP contribution in [0.5, 0.6) is 0 Å². The molecule has 0 spiro atoms. The molecule has 1 saturated heterocycles. The molecule has 7 aliphatic rings. The van der Waals surface area contributed by atoms with E-state index in [4.69, 9.17) is 18.8 Å². The zero-order valence-electron chi connectivity index (χ0n) is 19.3. The summed E-state index contributed by atoms with van der Waals surface area (Å²) in [6.45, 7) is -1.61. The third-order valence-electron chi connectivity index (χ3n) is 9.78. The molecule has 36 heavy (non-hydrogen) atoms. The Kier molecular flexibility index (Phi) is 5.55. The Labute approximate surface area is 205 Å². The number of hydrogen-bond acceptors (Lipinski definition) is 8. The van der Waals surface area contributed by atoms with Crippen LogP contribution in [0, 0.1) is 46.8 Å². The molecule has 0 radical (unpaired) electrons. The summed E-state index contributed by atoms with van der Waals surface area (Å²) in [7, 11) is -6.05. The number of esters is 2. The summed E-state index contributed by atoms with van der Waals surface area (Å²) < 4.78 is 87.3. The van der Waals surface area contributed by atoms with Crippen molar-refractivity contribution in [1.29, 1.82) is 0 Å².